The SMILES string of the molecule is COc1cc(OC)c(F)c(COc2cnc(Nc3nc(CN4CCCCC4)cs3)nc2)c1F. The van der Waals surface area contributed by atoms with Gasteiger partial charge in [-0.15, -0.1) is 11.3 Å². The maximum atomic E-state index is 14.5. The van der Waals surface area contributed by atoms with Crippen molar-refractivity contribution in [2.45, 2.75) is 32.4 Å². The molecule has 0 amide bonds. The van der Waals surface area contributed by atoms with Crippen LogP contribution in [0.25, 0.3) is 0 Å². The fourth-order valence-electron chi connectivity index (χ4n) is 3.55. The molecule has 176 valence electrons. The fourth-order valence-corrected chi connectivity index (χ4v) is 4.25. The zero-order chi connectivity index (χ0) is 23.2. The van der Waals surface area contributed by atoms with Crippen LogP contribution in [-0.4, -0.2) is 47.2 Å². The number of aromatic nitrogens is 3. The van der Waals surface area contributed by atoms with Gasteiger partial charge in [0.2, 0.25) is 5.95 Å². The van der Waals surface area contributed by atoms with Gasteiger partial charge in [0.05, 0.1) is 37.9 Å². The average Bonchev–Trinajstić information content (AvgIpc) is 3.27. The van der Waals surface area contributed by atoms with Crippen molar-refractivity contribution in [2.75, 3.05) is 32.6 Å². The van der Waals surface area contributed by atoms with Crippen molar-refractivity contribution in [1.29, 1.82) is 0 Å². The number of piperidine rings is 1. The lowest BCUT2D eigenvalue weighted by atomic mass is 10.1. The van der Waals surface area contributed by atoms with Gasteiger partial charge in [-0.1, -0.05) is 6.42 Å². The Morgan fingerprint density at radius 3 is 2.33 bits per heavy atom. The van der Waals surface area contributed by atoms with Crippen LogP contribution in [0.2, 0.25) is 0 Å². The van der Waals surface area contributed by atoms with Gasteiger partial charge in [0, 0.05) is 18.0 Å². The van der Waals surface area contributed by atoms with Crippen molar-refractivity contribution in [3.05, 3.63) is 46.7 Å². The van der Waals surface area contributed by atoms with Crippen LogP contribution in [0.4, 0.5) is 19.9 Å². The van der Waals surface area contributed by atoms with Crippen molar-refractivity contribution in [3.8, 4) is 17.2 Å². The quantitative estimate of drug-likeness (QED) is 0.481. The monoisotopic (exact) mass is 477 g/mol. The van der Waals surface area contributed by atoms with Gasteiger partial charge in [-0.3, -0.25) is 4.90 Å². The lowest BCUT2D eigenvalue weighted by Crippen LogP contribution is -2.29. The Labute approximate surface area is 194 Å². The summed E-state index contributed by atoms with van der Waals surface area (Å²) in [5.74, 6) is -1.36. The van der Waals surface area contributed by atoms with E-state index in [-0.39, 0.29) is 29.4 Å². The molecule has 0 radical (unpaired) electrons. The minimum Gasteiger partial charge on any atom is -0.494 e. The molecule has 0 atom stereocenters. The molecule has 1 saturated heterocycles. The topological polar surface area (TPSA) is 81.6 Å². The zero-order valence-corrected chi connectivity index (χ0v) is 19.3. The summed E-state index contributed by atoms with van der Waals surface area (Å²) in [6.45, 7) is 2.68. The highest BCUT2D eigenvalue weighted by molar-refractivity contribution is 7.13. The molecule has 1 N–H and O–H groups in total. The number of nitrogens with zero attached hydrogens (tertiary/aromatic N) is 4. The molecule has 11 heteroatoms. The first kappa shape index (κ1) is 23.1. The maximum Gasteiger partial charge on any atom is 0.229 e. The van der Waals surface area contributed by atoms with Crippen LogP contribution < -0.4 is 19.5 Å². The Hall–Kier alpha value is -3.05. The summed E-state index contributed by atoms with van der Waals surface area (Å²) in [6, 6.07) is 1.15. The van der Waals surface area contributed by atoms with Crippen molar-refractivity contribution in [2.24, 2.45) is 0 Å². The number of anilines is 2. The van der Waals surface area contributed by atoms with E-state index in [0.717, 1.165) is 31.4 Å². The molecule has 0 unspecified atom stereocenters. The number of hydrogen-bond acceptors (Lipinski definition) is 9. The molecule has 4 rings (SSSR count). The summed E-state index contributed by atoms with van der Waals surface area (Å²) in [4.78, 5) is 15.4. The van der Waals surface area contributed by atoms with E-state index < -0.39 is 11.6 Å². The second kappa shape index (κ2) is 10.7. The number of thiazole rings is 1. The van der Waals surface area contributed by atoms with Gasteiger partial charge < -0.3 is 19.5 Å². The molecule has 0 bridgehead atoms. The number of nitrogens with one attached hydrogen (secondary N) is 1. The number of hydrogen-bond donors (Lipinski definition) is 1. The lowest BCUT2D eigenvalue weighted by Gasteiger charge is -2.25. The molecule has 8 nitrogen and oxygen atoms in total. The van der Waals surface area contributed by atoms with Crippen LogP contribution in [-0.2, 0) is 13.2 Å². The van der Waals surface area contributed by atoms with Crippen molar-refractivity contribution < 1.29 is 23.0 Å². The molecule has 1 aromatic carbocycles. The average molecular weight is 478 g/mol. The van der Waals surface area contributed by atoms with Gasteiger partial charge in [0.25, 0.3) is 0 Å². The van der Waals surface area contributed by atoms with Crippen LogP contribution in [0.5, 0.6) is 17.2 Å². The van der Waals surface area contributed by atoms with E-state index in [1.165, 1.54) is 57.2 Å². The smallest absolute Gasteiger partial charge is 0.229 e. The zero-order valence-electron chi connectivity index (χ0n) is 18.4. The second-order valence-electron chi connectivity index (χ2n) is 7.52. The summed E-state index contributed by atoms with van der Waals surface area (Å²) in [6.07, 6.45) is 6.62. The minimum atomic E-state index is -0.848. The number of ether oxygens (including phenoxy) is 3. The van der Waals surface area contributed by atoms with E-state index in [0.29, 0.717) is 11.1 Å². The predicted molar refractivity (Wildman–Crippen MR) is 120 cm³/mol. The number of likely N-dealkylation sites (tertiary alicyclic amines) is 1. The Morgan fingerprint density at radius 2 is 1.70 bits per heavy atom. The molecule has 3 aromatic rings. The van der Waals surface area contributed by atoms with Gasteiger partial charge in [-0.05, 0) is 25.9 Å². The molecule has 2 aromatic heterocycles. The maximum absolute atomic E-state index is 14.5. The molecule has 1 aliphatic heterocycles. The molecular formula is C22H25F2N5O3S. The Bertz CT molecular complexity index is 1050. The van der Waals surface area contributed by atoms with E-state index in [2.05, 4.69) is 25.2 Å². The third-order valence-corrected chi connectivity index (χ3v) is 6.09. The van der Waals surface area contributed by atoms with E-state index in [1.54, 1.807) is 0 Å². The Balaban J connectivity index is 1.36. The highest BCUT2D eigenvalue weighted by atomic mass is 32.1. The summed E-state index contributed by atoms with van der Waals surface area (Å²) in [5.41, 5.74) is 0.708. The molecule has 1 fully saturated rings. The van der Waals surface area contributed by atoms with Crippen LogP contribution in [0, 0.1) is 11.6 Å². The van der Waals surface area contributed by atoms with Gasteiger partial charge in [-0.25, -0.2) is 23.7 Å². The lowest BCUT2D eigenvalue weighted by molar-refractivity contribution is 0.219. The normalized spacial score (nSPS) is 14.2. The van der Waals surface area contributed by atoms with Gasteiger partial charge in [-0.2, -0.15) is 0 Å². The van der Waals surface area contributed by atoms with Crippen LogP contribution in [0.15, 0.2) is 23.8 Å². The second-order valence-corrected chi connectivity index (χ2v) is 8.38. The van der Waals surface area contributed by atoms with Crippen molar-refractivity contribution in [3.63, 3.8) is 0 Å². The van der Waals surface area contributed by atoms with E-state index >= 15 is 0 Å². The van der Waals surface area contributed by atoms with Crippen molar-refractivity contribution >= 4 is 22.4 Å². The first-order chi connectivity index (χ1) is 16.1. The number of methoxy groups -OCH3 is 2. The predicted octanol–water partition coefficient (Wildman–Crippen LogP) is 4.54. The third-order valence-electron chi connectivity index (χ3n) is 5.28. The highest BCUT2D eigenvalue weighted by Crippen LogP contribution is 2.32. The van der Waals surface area contributed by atoms with E-state index in [1.807, 2.05) is 5.38 Å². The molecule has 0 aliphatic carbocycles. The molecule has 1 aliphatic rings. The van der Waals surface area contributed by atoms with Crippen LogP contribution in [0.1, 0.15) is 30.5 Å². The largest absolute Gasteiger partial charge is 0.494 e. The Morgan fingerprint density at radius 1 is 1.03 bits per heavy atom. The molecule has 0 spiro atoms. The first-order valence-corrected chi connectivity index (χ1v) is 11.4. The standard InChI is InChI=1S/C22H25F2N5O3S/c1-30-17-8-18(31-2)20(24)16(19(17)23)12-32-15-9-25-21(26-10-15)28-22-27-14(13-33-22)11-29-6-4-3-5-7-29/h8-10,13H,3-7,11-12H2,1-2H3,(H,25,26,27,28). The summed E-state index contributed by atoms with van der Waals surface area (Å²) >= 11 is 1.49. The van der Waals surface area contributed by atoms with E-state index in [9.17, 15) is 8.78 Å². The van der Waals surface area contributed by atoms with E-state index in [4.69, 9.17) is 14.2 Å². The van der Waals surface area contributed by atoms with Gasteiger partial charge in [0.1, 0.15) is 6.61 Å². The molecule has 3 heterocycles. The summed E-state index contributed by atoms with van der Waals surface area (Å²) < 4.78 is 44.3. The minimum absolute atomic E-state index is 0.134. The summed E-state index contributed by atoms with van der Waals surface area (Å²) in [7, 11) is 2.58. The van der Waals surface area contributed by atoms with Crippen LogP contribution >= 0.6 is 11.3 Å². The number of rotatable bonds is 9. The third kappa shape index (κ3) is 5.66. The van der Waals surface area contributed by atoms with Crippen LogP contribution in [0.3, 0.4) is 0 Å². The highest BCUT2D eigenvalue weighted by Gasteiger charge is 2.20. The molecular weight excluding hydrogens is 452 g/mol. The first-order valence-electron chi connectivity index (χ1n) is 10.5. The molecule has 33 heavy (non-hydrogen) atoms. The van der Waals surface area contributed by atoms with Crippen molar-refractivity contribution in [1.82, 2.24) is 19.9 Å². The number of halogens is 2. The number of benzene rings is 1. The van der Waals surface area contributed by atoms with Gasteiger partial charge >= 0.3 is 0 Å². The fraction of sp³-hybridized carbons (Fsp3) is 0.409. The Kier molecular flexibility index (Phi) is 7.50. The summed E-state index contributed by atoms with van der Waals surface area (Å²) in [5, 5.41) is 5.79. The molecule has 0 saturated carbocycles. The van der Waals surface area contributed by atoms with Gasteiger partial charge in [0.15, 0.2) is 34.0 Å².